The Labute approximate surface area is 207 Å². The Balaban J connectivity index is 1.48. The van der Waals surface area contributed by atoms with Crippen molar-refractivity contribution in [2.45, 2.75) is 31.5 Å². The van der Waals surface area contributed by atoms with Crippen LogP contribution in [0.5, 0.6) is 0 Å². The van der Waals surface area contributed by atoms with Crippen molar-refractivity contribution in [3.63, 3.8) is 0 Å². The highest BCUT2D eigenvalue weighted by molar-refractivity contribution is 7.89. The molecule has 35 heavy (non-hydrogen) atoms. The summed E-state index contributed by atoms with van der Waals surface area (Å²) < 4.78 is 28.3. The standard InChI is InChI=1S/C29H28N2O3S/c1-23-12-14-24(15-13-23)20-30-29(32)27-18-16-26(17-19-27)22-31(21-25-8-4-2-5-9-25)35(33,34)28-10-6-3-7-11-28/h2-19H,20-22H2,1H3,(H,30,32). The number of nitrogens with one attached hydrogen (secondary N) is 1. The summed E-state index contributed by atoms with van der Waals surface area (Å²) in [5.74, 6) is -0.171. The maximum atomic E-state index is 13.4. The van der Waals surface area contributed by atoms with Crippen LogP contribution in [0.4, 0.5) is 0 Å². The van der Waals surface area contributed by atoms with Gasteiger partial charge in [-0.25, -0.2) is 8.42 Å². The number of amides is 1. The second kappa shape index (κ2) is 11.1. The van der Waals surface area contributed by atoms with Crippen LogP contribution in [0.2, 0.25) is 0 Å². The molecule has 0 spiro atoms. The van der Waals surface area contributed by atoms with Crippen molar-refractivity contribution in [1.82, 2.24) is 9.62 Å². The molecule has 0 atom stereocenters. The van der Waals surface area contributed by atoms with Crippen LogP contribution in [0.25, 0.3) is 0 Å². The van der Waals surface area contributed by atoms with Crippen LogP contribution in [0, 0.1) is 6.92 Å². The topological polar surface area (TPSA) is 66.5 Å². The fraction of sp³-hybridized carbons (Fsp3) is 0.138. The summed E-state index contributed by atoms with van der Waals surface area (Å²) in [6.45, 7) is 2.91. The Morgan fingerprint density at radius 2 is 1.20 bits per heavy atom. The number of benzene rings is 4. The molecule has 0 heterocycles. The number of sulfonamides is 1. The van der Waals surface area contributed by atoms with Gasteiger partial charge in [0.05, 0.1) is 4.90 Å². The summed E-state index contributed by atoms with van der Waals surface area (Å²) in [5.41, 5.74) is 4.44. The van der Waals surface area contributed by atoms with Crippen LogP contribution in [-0.2, 0) is 29.7 Å². The van der Waals surface area contributed by atoms with Crippen molar-refractivity contribution in [3.05, 3.63) is 137 Å². The zero-order valence-corrected chi connectivity index (χ0v) is 20.4. The normalized spacial score (nSPS) is 11.4. The first-order chi connectivity index (χ1) is 16.9. The van der Waals surface area contributed by atoms with Gasteiger partial charge in [0, 0.05) is 25.2 Å². The summed E-state index contributed by atoms with van der Waals surface area (Å²) in [5, 5.41) is 2.93. The van der Waals surface area contributed by atoms with Gasteiger partial charge in [-0.05, 0) is 47.9 Å². The molecule has 0 bridgehead atoms. The van der Waals surface area contributed by atoms with Gasteiger partial charge >= 0.3 is 0 Å². The lowest BCUT2D eigenvalue weighted by molar-refractivity contribution is 0.0951. The molecular formula is C29H28N2O3S. The Morgan fingerprint density at radius 3 is 1.80 bits per heavy atom. The average molecular weight is 485 g/mol. The highest BCUT2D eigenvalue weighted by Crippen LogP contribution is 2.21. The molecular weight excluding hydrogens is 456 g/mol. The Morgan fingerprint density at radius 1 is 0.686 bits per heavy atom. The Hall–Kier alpha value is -3.74. The molecule has 1 amide bonds. The first kappa shape index (κ1) is 24.4. The molecule has 1 N–H and O–H groups in total. The van der Waals surface area contributed by atoms with Crippen LogP contribution in [-0.4, -0.2) is 18.6 Å². The van der Waals surface area contributed by atoms with Gasteiger partial charge in [0.2, 0.25) is 10.0 Å². The van der Waals surface area contributed by atoms with Crippen LogP contribution in [0.3, 0.4) is 0 Å². The predicted molar refractivity (Wildman–Crippen MR) is 138 cm³/mol. The van der Waals surface area contributed by atoms with Gasteiger partial charge in [-0.3, -0.25) is 4.79 Å². The van der Waals surface area contributed by atoms with Crippen molar-refractivity contribution in [2.75, 3.05) is 0 Å². The molecule has 0 fully saturated rings. The van der Waals surface area contributed by atoms with Gasteiger partial charge in [-0.1, -0.05) is 90.5 Å². The Kier molecular flexibility index (Phi) is 7.75. The van der Waals surface area contributed by atoms with Crippen LogP contribution in [0.1, 0.15) is 32.6 Å². The van der Waals surface area contributed by atoms with Crippen LogP contribution in [0.15, 0.2) is 114 Å². The maximum Gasteiger partial charge on any atom is 0.251 e. The quantitative estimate of drug-likeness (QED) is 0.350. The lowest BCUT2D eigenvalue weighted by Crippen LogP contribution is -2.30. The predicted octanol–water partition coefficient (Wildman–Crippen LogP) is 5.32. The highest BCUT2D eigenvalue weighted by atomic mass is 32.2. The van der Waals surface area contributed by atoms with E-state index in [4.69, 9.17) is 0 Å². The van der Waals surface area contributed by atoms with Crippen LogP contribution >= 0.6 is 0 Å². The van der Waals surface area contributed by atoms with E-state index in [9.17, 15) is 13.2 Å². The smallest absolute Gasteiger partial charge is 0.251 e. The van der Waals surface area contributed by atoms with E-state index in [1.165, 1.54) is 9.87 Å². The minimum Gasteiger partial charge on any atom is -0.348 e. The largest absolute Gasteiger partial charge is 0.348 e. The number of rotatable bonds is 9. The van der Waals surface area contributed by atoms with E-state index < -0.39 is 10.0 Å². The molecule has 6 heteroatoms. The molecule has 178 valence electrons. The van der Waals surface area contributed by atoms with E-state index in [0.717, 1.165) is 16.7 Å². The molecule has 0 radical (unpaired) electrons. The number of aryl methyl sites for hydroxylation is 1. The number of hydrogen-bond donors (Lipinski definition) is 1. The molecule has 5 nitrogen and oxygen atoms in total. The van der Waals surface area contributed by atoms with Crippen LogP contribution < -0.4 is 5.32 Å². The molecule has 0 saturated heterocycles. The molecule has 0 aliphatic carbocycles. The molecule has 0 saturated carbocycles. The molecule has 4 aromatic rings. The zero-order valence-electron chi connectivity index (χ0n) is 19.6. The number of nitrogens with zero attached hydrogens (tertiary/aromatic N) is 1. The van der Waals surface area contributed by atoms with Crippen molar-refractivity contribution in [1.29, 1.82) is 0 Å². The van der Waals surface area contributed by atoms with Gasteiger partial charge in [0.25, 0.3) is 5.91 Å². The van der Waals surface area contributed by atoms with Crippen molar-refractivity contribution in [3.8, 4) is 0 Å². The number of carbonyl (C=O) groups is 1. The lowest BCUT2D eigenvalue weighted by atomic mass is 10.1. The van der Waals surface area contributed by atoms with Crippen molar-refractivity contribution < 1.29 is 13.2 Å². The van der Waals surface area contributed by atoms with Crippen molar-refractivity contribution in [2.24, 2.45) is 0 Å². The van der Waals surface area contributed by atoms with Gasteiger partial charge in [-0.15, -0.1) is 0 Å². The minimum atomic E-state index is -3.71. The first-order valence-corrected chi connectivity index (χ1v) is 12.9. The van der Waals surface area contributed by atoms with E-state index in [-0.39, 0.29) is 23.9 Å². The average Bonchev–Trinajstić information content (AvgIpc) is 2.89. The SMILES string of the molecule is Cc1ccc(CNC(=O)c2ccc(CN(Cc3ccccc3)S(=O)(=O)c3ccccc3)cc2)cc1. The lowest BCUT2D eigenvalue weighted by Gasteiger charge is -2.23. The fourth-order valence-corrected chi connectivity index (χ4v) is 5.15. The number of carbonyl (C=O) groups excluding carboxylic acids is 1. The summed E-state index contributed by atoms with van der Waals surface area (Å²) >= 11 is 0. The summed E-state index contributed by atoms with van der Waals surface area (Å²) in [7, 11) is -3.71. The second-order valence-electron chi connectivity index (χ2n) is 8.44. The van der Waals surface area contributed by atoms with Gasteiger partial charge in [0.15, 0.2) is 0 Å². The van der Waals surface area contributed by atoms with E-state index in [1.807, 2.05) is 61.5 Å². The van der Waals surface area contributed by atoms with E-state index in [2.05, 4.69) is 5.32 Å². The van der Waals surface area contributed by atoms with E-state index in [0.29, 0.717) is 12.1 Å². The van der Waals surface area contributed by atoms with Gasteiger partial charge in [-0.2, -0.15) is 4.31 Å². The summed E-state index contributed by atoms with van der Waals surface area (Å²) in [6, 6.07) is 33.1. The van der Waals surface area contributed by atoms with Gasteiger partial charge in [0.1, 0.15) is 0 Å². The summed E-state index contributed by atoms with van der Waals surface area (Å²) in [6.07, 6.45) is 0. The maximum absolute atomic E-state index is 13.4. The Bertz CT molecular complexity index is 1350. The zero-order chi connectivity index (χ0) is 24.7. The molecule has 4 aromatic carbocycles. The fourth-order valence-electron chi connectivity index (χ4n) is 3.71. The molecule has 0 aromatic heterocycles. The van der Waals surface area contributed by atoms with E-state index >= 15 is 0 Å². The number of hydrogen-bond acceptors (Lipinski definition) is 3. The molecule has 4 rings (SSSR count). The van der Waals surface area contributed by atoms with Gasteiger partial charge < -0.3 is 5.32 Å². The second-order valence-corrected chi connectivity index (χ2v) is 10.4. The van der Waals surface area contributed by atoms with Crippen molar-refractivity contribution >= 4 is 15.9 Å². The third-order valence-corrected chi connectivity index (χ3v) is 7.54. The molecule has 0 aliphatic heterocycles. The monoisotopic (exact) mass is 484 g/mol. The summed E-state index contributed by atoms with van der Waals surface area (Å²) in [4.78, 5) is 12.8. The third kappa shape index (κ3) is 6.44. The first-order valence-electron chi connectivity index (χ1n) is 11.4. The molecule has 0 unspecified atom stereocenters. The van der Waals surface area contributed by atoms with E-state index in [1.54, 1.807) is 54.6 Å². The highest BCUT2D eigenvalue weighted by Gasteiger charge is 2.25. The third-order valence-electron chi connectivity index (χ3n) is 5.73. The minimum absolute atomic E-state index is 0.171. The molecule has 0 aliphatic rings.